The number of ether oxygens (including phenoxy) is 1. The van der Waals surface area contributed by atoms with Crippen molar-refractivity contribution in [1.29, 1.82) is 0 Å². The van der Waals surface area contributed by atoms with Crippen molar-refractivity contribution in [2.45, 2.75) is 70.8 Å². The zero-order valence-electron chi connectivity index (χ0n) is 22.4. The van der Waals surface area contributed by atoms with Crippen molar-refractivity contribution in [2.75, 3.05) is 6.54 Å². The minimum Gasteiger partial charge on any atom is -0.459 e. The van der Waals surface area contributed by atoms with Gasteiger partial charge in [-0.2, -0.15) is 0 Å². The first-order valence-corrected chi connectivity index (χ1v) is 13.0. The molecule has 2 heterocycles. The maximum atomic E-state index is 13.2. The van der Waals surface area contributed by atoms with E-state index >= 15 is 0 Å². The molecule has 2 atom stereocenters. The highest BCUT2D eigenvalue weighted by Crippen LogP contribution is 2.28. The van der Waals surface area contributed by atoms with Crippen molar-refractivity contribution in [3.05, 3.63) is 70.8 Å². The predicted molar refractivity (Wildman–Crippen MR) is 142 cm³/mol. The molecule has 4 rings (SSSR count). The normalized spacial score (nSPS) is 17.9. The number of esters is 1. The molecule has 1 saturated heterocycles. The summed E-state index contributed by atoms with van der Waals surface area (Å²) in [6.07, 6.45) is 0.876. The SMILES string of the molecule is CC(C)(C)OC(=O)CNC(Cc1ccccc1)C(=O)NCc1ccc2c(c1)CN(C1CCC(=O)NC1=O)C2=O. The molecular weight excluding hydrogens is 500 g/mol. The quantitative estimate of drug-likeness (QED) is 0.329. The molecule has 2 aliphatic heterocycles. The van der Waals surface area contributed by atoms with Gasteiger partial charge in [0.2, 0.25) is 17.7 Å². The van der Waals surface area contributed by atoms with Crippen molar-refractivity contribution in [3.8, 4) is 0 Å². The van der Waals surface area contributed by atoms with Gasteiger partial charge in [-0.1, -0.05) is 42.5 Å². The summed E-state index contributed by atoms with van der Waals surface area (Å²) >= 11 is 0. The van der Waals surface area contributed by atoms with Crippen LogP contribution in [-0.2, 0) is 43.4 Å². The molecule has 10 nitrogen and oxygen atoms in total. The highest BCUT2D eigenvalue weighted by Gasteiger charge is 2.39. The van der Waals surface area contributed by atoms with Crippen molar-refractivity contribution in [3.63, 3.8) is 0 Å². The van der Waals surface area contributed by atoms with Crippen LogP contribution >= 0.6 is 0 Å². The molecule has 0 saturated carbocycles. The third kappa shape index (κ3) is 7.29. The van der Waals surface area contributed by atoms with Gasteiger partial charge in [-0.3, -0.25) is 34.6 Å². The number of carbonyl (C=O) groups is 5. The first kappa shape index (κ1) is 28.0. The van der Waals surface area contributed by atoms with E-state index in [1.165, 1.54) is 4.90 Å². The van der Waals surface area contributed by atoms with Gasteiger partial charge in [-0.15, -0.1) is 0 Å². The van der Waals surface area contributed by atoms with E-state index in [2.05, 4.69) is 16.0 Å². The van der Waals surface area contributed by atoms with Gasteiger partial charge < -0.3 is 15.0 Å². The number of hydrogen-bond donors (Lipinski definition) is 3. The summed E-state index contributed by atoms with van der Waals surface area (Å²) in [5, 5.41) is 8.25. The zero-order chi connectivity index (χ0) is 28.2. The number of nitrogens with one attached hydrogen (secondary N) is 3. The van der Waals surface area contributed by atoms with E-state index in [0.717, 1.165) is 16.7 Å². The van der Waals surface area contributed by atoms with Crippen molar-refractivity contribution < 1.29 is 28.7 Å². The number of piperidine rings is 1. The molecule has 0 radical (unpaired) electrons. The zero-order valence-corrected chi connectivity index (χ0v) is 22.4. The number of imide groups is 1. The van der Waals surface area contributed by atoms with E-state index < -0.39 is 29.6 Å². The number of rotatable bonds is 9. The molecular formula is C29H34N4O6. The first-order valence-electron chi connectivity index (χ1n) is 13.0. The van der Waals surface area contributed by atoms with Crippen LogP contribution in [0.2, 0.25) is 0 Å². The van der Waals surface area contributed by atoms with Crippen LogP contribution in [0.1, 0.15) is 60.7 Å². The number of benzene rings is 2. The molecule has 0 bridgehead atoms. The first-order chi connectivity index (χ1) is 18.5. The second-order valence-corrected chi connectivity index (χ2v) is 10.8. The fraction of sp³-hybridized carbons (Fsp3) is 0.414. The molecule has 1 fully saturated rings. The fourth-order valence-electron chi connectivity index (χ4n) is 4.74. The van der Waals surface area contributed by atoms with Gasteiger partial charge in [0, 0.05) is 25.1 Å². The lowest BCUT2D eigenvalue weighted by Gasteiger charge is -2.29. The average Bonchev–Trinajstić information content (AvgIpc) is 3.20. The Kier molecular flexibility index (Phi) is 8.44. The van der Waals surface area contributed by atoms with E-state index in [9.17, 15) is 24.0 Å². The van der Waals surface area contributed by atoms with E-state index in [0.29, 0.717) is 18.4 Å². The molecule has 0 aromatic heterocycles. The Bertz CT molecular complexity index is 1270. The van der Waals surface area contributed by atoms with Crippen LogP contribution in [0.25, 0.3) is 0 Å². The highest BCUT2D eigenvalue weighted by atomic mass is 16.6. The molecule has 206 valence electrons. The summed E-state index contributed by atoms with van der Waals surface area (Å²) in [4.78, 5) is 63.6. The third-order valence-corrected chi connectivity index (χ3v) is 6.57. The summed E-state index contributed by atoms with van der Waals surface area (Å²) in [7, 11) is 0. The Balaban J connectivity index is 1.39. The Morgan fingerprint density at radius 3 is 2.51 bits per heavy atom. The van der Waals surface area contributed by atoms with E-state index in [-0.39, 0.29) is 43.8 Å². The van der Waals surface area contributed by atoms with E-state index in [1.807, 2.05) is 36.4 Å². The average molecular weight is 535 g/mol. The van der Waals surface area contributed by atoms with Gasteiger partial charge in [0.25, 0.3) is 5.91 Å². The summed E-state index contributed by atoms with van der Waals surface area (Å²) < 4.78 is 5.36. The van der Waals surface area contributed by atoms with Crippen LogP contribution in [0, 0.1) is 0 Å². The van der Waals surface area contributed by atoms with Gasteiger partial charge in [-0.05, 0) is 56.4 Å². The van der Waals surface area contributed by atoms with E-state index in [1.54, 1.807) is 32.9 Å². The molecule has 0 aliphatic carbocycles. The standard InChI is InChI=1S/C29H34N4O6/c1-29(2,3)39-25(35)16-30-22(14-18-7-5-4-6-8-18)26(36)31-15-19-9-10-21-20(13-19)17-33(28(21)38)23-11-12-24(34)32-27(23)37/h4-10,13,22-23,30H,11-12,14-17H2,1-3H3,(H,31,36)(H,32,34,37). The number of hydrogen-bond acceptors (Lipinski definition) is 7. The number of carbonyl (C=O) groups excluding carboxylic acids is 5. The molecule has 2 unspecified atom stereocenters. The predicted octanol–water partition coefficient (Wildman–Crippen LogP) is 1.61. The largest absolute Gasteiger partial charge is 0.459 e. The molecule has 4 amide bonds. The maximum absolute atomic E-state index is 13.2. The maximum Gasteiger partial charge on any atom is 0.320 e. The Labute approximate surface area is 227 Å². The third-order valence-electron chi connectivity index (χ3n) is 6.57. The molecule has 2 aromatic carbocycles. The van der Waals surface area contributed by atoms with Crippen LogP contribution < -0.4 is 16.0 Å². The smallest absolute Gasteiger partial charge is 0.320 e. The minimum absolute atomic E-state index is 0.112. The highest BCUT2D eigenvalue weighted by molar-refractivity contribution is 6.05. The van der Waals surface area contributed by atoms with Gasteiger partial charge in [0.05, 0.1) is 12.6 Å². The van der Waals surface area contributed by atoms with Gasteiger partial charge in [0.15, 0.2) is 0 Å². The van der Waals surface area contributed by atoms with Crippen LogP contribution in [0.4, 0.5) is 0 Å². The van der Waals surface area contributed by atoms with Crippen LogP contribution in [-0.4, -0.2) is 58.7 Å². The lowest BCUT2D eigenvalue weighted by molar-refractivity contribution is -0.153. The van der Waals surface area contributed by atoms with E-state index in [4.69, 9.17) is 4.74 Å². The van der Waals surface area contributed by atoms with Crippen molar-refractivity contribution >= 4 is 29.6 Å². The van der Waals surface area contributed by atoms with Crippen LogP contribution in [0.15, 0.2) is 48.5 Å². The monoisotopic (exact) mass is 534 g/mol. The summed E-state index contributed by atoms with van der Waals surface area (Å²) in [6, 6.07) is 13.5. The molecule has 10 heteroatoms. The number of amides is 4. The summed E-state index contributed by atoms with van der Waals surface area (Å²) in [6.45, 7) is 5.72. The Morgan fingerprint density at radius 1 is 1.08 bits per heavy atom. The van der Waals surface area contributed by atoms with Crippen LogP contribution in [0.5, 0.6) is 0 Å². The van der Waals surface area contributed by atoms with Crippen molar-refractivity contribution in [1.82, 2.24) is 20.9 Å². The minimum atomic E-state index is -0.680. The lowest BCUT2D eigenvalue weighted by atomic mass is 10.0. The Hall–Kier alpha value is -4.05. The summed E-state index contributed by atoms with van der Waals surface area (Å²) in [5.41, 5.74) is 2.39. The van der Waals surface area contributed by atoms with Gasteiger partial charge in [0.1, 0.15) is 11.6 Å². The number of fused-ring (bicyclic) bond motifs is 1. The van der Waals surface area contributed by atoms with Crippen LogP contribution in [0.3, 0.4) is 0 Å². The van der Waals surface area contributed by atoms with Crippen molar-refractivity contribution in [2.24, 2.45) is 0 Å². The van der Waals surface area contributed by atoms with Gasteiger partial charge >= 0.3 is 5.97 Å². The number of nitrogens with zero attached hydrogens (tertiary/aromatic N) is 1. The molecule has 2 aliphatic rings. The fourth-order valence-corrected chi connectivity index (χ4v) is 4.74. The molecule has 3 N–H and O–H groups in total. The topological polar surface area (TPSA) is 134 Å². The van der Waals surface area contributed by atoms with Gasteiger partial charge in [-0.25, -0.2) is 0 Å². The molecule has 0 spiro atoms. The Morgan fingerprint density at radius 2 is 1.82 bits per heavy atom. The summed E-state index contributed by atoms with van der Waals surface area (Å²) in [5.74, 6) is -1.75. The lowest BCUT2D eigenvalue weighted by Crippen LogP contribution is -2.52. The molecule has 2 aromatic rings. The second kappa shape index (κ2) is 11.8. The second-order valence-electron chi connectivity index (χ2n) is 10.8. The molecule has 39 heavy (non-hydrogen) atoms.